The van der Waals surface area contributed by atoms with Gasteiger partial charge in [0.05, 0.1) is 13.7 Å². The van der Waals surface area contributed by atoms with E-state index in [9.17, 15) is 14.0 Å². The molecular formula is C24H21FN2O3. The van der Waals surface area contributed by atoms with Gasteiger partial charge in [-0.05, 0) is 28.8 Å². The van der Waals surface area contributed by atoms with Crippen molar-refractivity contribution in [2.24, 2.45) is 0 Å². The Morgan fingerprint density at radius 3 is 2.23 bits per heavy atom. The van der Waals surface area contributed by atoms with Crippen molar-refractivity contribution in [3.63, 3.8) is 0 Å². The molecule has 5 nitrogen and oxygen atoms in total. The van der Waals surface area contributed by atoms with Gasteiger partial charge in [-0.1, -0.05) is 66.7 Å². The van der Waals surface area contributed by atoms with Gasteiger partial charge in [-0.3, -0.25) is 9.69 Å². The Morgan fingerprint density at radius 2 is 1.60 bits per heavy atom. The molecule has 1 atom stereocenters. The average molecular weight is 404 g/mol. The lowest BCUT2D eigenvalue weighted by atomic mass is 9.83. The van der Waals surface area contributed by atoms with E-state index < -0.39 is 17.4 Å². The second kappa shape index (κ2) is 7.99. The van der Waals surface area contributed by atoms with E-state index in [4.69, 9.17) is 4.74 Å². The largest absolute Gasteiger partial charge is 0.494 e. The summed E-state index contributed by atoms with van der Waals surface area (Å²) in [5.74, 6) is -0.793. The third-order valence-corrected chi connectivity index (χ3v) is 5.31. The summed E-state index contributed by atoms with van der Waals surface area (Å²) in [6.07, 6.45) is 0.315. The SMILES string of the molecule is COc1ccc(CN2C(=O)NC(Cc3ccccc3)(c3ccccc3)C2=O)cc1F. The highest BCUT2D eigenvalue weighted by molar-refractivity contribution is 6.07. The highest BCUT2D eigenvalue weighted by atomic mass is 19.1. The van der Waals surface area contributed by atoms with Gasteiger partial charge < -0.3 is 10.1 Å². The number of imide groups is 1. The summed E-state index contributed by atoms with van der Waals surface area (Å²) in [4.78, 5) is 27.6. The van der Waals surface area contributed by atoms with E-state index >= 15 is 0 Å². The molecule has 3 amide bonds. The summed E-state index contributed by atoms with van der Waals surface area (Å²) < 4.78 is 19.0. The number of carbonyl (C=O) groups is 2. The fourth-order valence-corrected chi connectivity index (χ4v) is 3.80. The van der Waals surface area contributed by atoms with E-state index in [2.05, 4.69) is 5.32 Å². The highest BCUT2D eigenvalue weighted by Gasteiger charge is 2.52. The summed E-state index contributed by atoms with van der Waals surface area (Å²) in [7, 11) is 1.38. The number of urea groups is 1. The molecule has 1 aliphatic rings. The molecule has 1 unspecified atom stereocenters. The highest BCUT2D eigenvalue weighted by Crippen LogP contribution is 2.34. The Hall–Kier alpha value is -3.67. The van der Waals surface area contributed by atoms with Gasteiger partial charge in [-0.2, -0.15) is 0 Å². The van der Waals surface area contributed by atoms with Gasteiger partial charge in [0.2, 0.25) is 0 Å². The minimum Gasteiger partial charge on any atom is -0.494 e. The first-order valence-electron chi connectivity index (χ1n) is 9.59. The predicted molar refractivity (Wildman–Crippen MR) is 110 cm³/mol. The van der Waals surface area contributed by atoms with Crippen LogP contribution in [0.25, 0.3) is 0 Å². The zero-order chi connectivity index (χ0) is 21.1. The molecular weight excluding hydrogens is 383 g/mol. The number of halogens is 1. The van der Waals surface area contributed by atoms with Crippen molar-refractivity contribution in [3.8, 4) is 5.75 Å². The van der Waals surface area contributed by atoms with Crippen molar-refractivity contribution in [2.45, 2.75) is 18.5 Å². The third kappa shape index (κ3) is 3.52. The number of nitrogens with zero attached hydrogens (tertiary/aromatic N) is 1. The van der Waals surface area contributed by atoms with Crippen molar-refractivity contribution >= 4 is 11.9 Å². The summed E-state index contributed by atoms with van der Waals surface area (Å²) in [5.41, 5.74) is 0.911. The number of hydrogen-bond acceptors (Lipinski definition) is 3. The van der Waals surface area contributed by atoms with E-state index in [-0.39, 0.29) is 18.2 Å². The second-order valence-corrected chi connectivity index (χ2v) is 7.22. The van der Waals surface area contributed by atoms with Gasteiger partial charge in [0.15, 0.2) is 17.1 Å². The lowest BCUT2D eigenvalue weighted by Crippen LogP contribution is -2.46. The van der Waals surface area contributed by atoms with Gasteiger partial charge >= 0.3 is 6.03 Å². The minimum absolute atomic E-state index is 0.0328. The van der Waals surface area contributed by atoms with Gasteiger partial charge in [-0.25, -0.2) is 9.18 Å². The molecule has 152 valence electrons. The van der Waals surface area contributed by atoms with Crippen LogP contribution in [0, 0.1) is 5.82 Å². The predicted octanol–water partition coefficient (Wildman–Crippen LogP) is 4.02. The van der Waals surface area contributed by atoms with E-state index in [1.807, 2.05) is 60.7 Å². The lowest BCUT2D eigenvalue weighted by molar-refractivity contribution is -0.132. The average Bonchev–Trinajstić information content (AvgIpc) is 3.00. The molecule has 3 aromatic carbocycles. The van der Waals surface area contributed by atoms with E-state index in [0.29, 0.717) is 17.5 Å². The molecule has 1 N–H and O–H groups in total. The standard InChI is InChI=1S/C24H21FN2O3/c1-30-21-13-12-18(14-20(21)25)16-27-22(28)24(26-23(27)29,19-10-6-3-7-11-19)15-17-8-4-2-5-9-17/h2-14H,15-16H2,1H3,(H,26,29). The smallest absolute Gasteiger partial charge is 0.325 e. The van der Waals surface area contributed by atoms with Crippen molar-refractivity contribution in [1.29, 1.82) is 0 Å². The molecule has 0 bridgehead atoms. The van der Waals surface area contributed by atoms with E-state index in [0.717, 1.165) is 10.5 Å². The van der Waals surface area contributed by atoms with Crippen LogP contribution in [0.1, 0.15) is 16.7 Å². The molecule has 0 saturated carbocycles. The fourth-order valence-electron chi connectivity index (χ4n) is 3.80. The van der Waals surface area contributed by atoms with Crippen LogP contribution in [-0.4, -0.2) is 23.9 Å². The first-order valence-corrected chi connectivity index (χ1v) is 9.59. The Morgan fingerprint density at radius 1 is 0.933 bits per heavy atom. The van der Waals surface area contributed by atoms with Gasteiger partial charge in [0.25, 0.3) is 5.91 Å². The van der Waals surface area contributed by atoms with Crippen LogP contribution in [0.4, 0.5) is 9.18 Å². The maximum atomic E-state index is 14.1. The van der Waals surface area contributed by atoms with E-state index in [1.165, 1.54) is 19.2 Å². The van der Waals surface area contributed by atoms with Crippen molar-refractivity contribution in [1.82, 2.24) is 10.2 Å². The van der Waals surface area contributed by atoms with Crippen LogP contribution in [0.15, 0.2) is 78.9 Å². The van der Waals surface area contributed by atoms with Crippen LogP contribution in [0.3, 0.4) is 0 Å². The molecule has 6 heteroatoms. The summed E-state index contributed by atoms with van der Waals surface area (Å²) >= 11 is 0. The van der Waals surface area contributed by atoms with Crippen molar-refractivity contribution in [2.75, 3.05) is 7.11 Å². The number of rotatable bonds is 6. The Balaban J connectivity index is 1.69. The number of ether oxygens (including phenoxy) is 1. The minimum atomic E-state index is -1.22. The Kier molecular flexibility index (Phi) is 5.23. The number of carbonyl (C=O) groups excluding carboxylic acids is 2. The van der Waals surface area contributed by atoms with Gasteiger partial charge in [0.1, 0.15) is 0 Å². The summed E-state index contributed by atoms with van der Waals surface area (Å²) in [5, 5.41) is 2.91. The first kappa shape index (κ1) is 19.6. The molecule has 1 fully saturated rings. The van der Waals surface area contributed by atoms with Crippen LogP contribution in [0.2, 0.25) is 0 Å². The molecule has 0 spiro atoms. The molecule has 3 aromatic rings. The Labute approximate surface area is 174 Å². The fraction of sp³-hybridized carbons (Fsp3) is 0.167. The zero-order valence-corrected chi connectivity index (χ0v) is 16.5. The van der Waals surface area contributed by atoms with Gasteiger partial charge in [-0.15, -0.1) is 0 Å². The normalized spacial score (nSPS) is 18.4. The number of nitrogens with one attached hydrogen (secondary N) is 1. The Bertz CT molecular complexity index is 1070. The second-order valence-electron chi connectivity index (χ2n) is 7.22. The van der Waals surface area contributed by atoms with E-state index in [1.54, 1.807) is 6.07 Å². The maximum absolute atomic E-state index is 14.1. The monoisotopic (exact) mass is 404 g/mol. The quantitative estimate of drug-likeness (QED) is 0.631. The zero-order valence-electron chi connectivity index (χ0n) is 16.5. The molecule has 1 heterocycles. The summed E-state index contributed by atoms with van der Waals surface area (Å²) in [6.45, 7) is -0.0328. The number of benzene rings is 3. The number of amides is 3. The third-order valence-electron chi connectivity index (χ3n) is 5.31. The summed E-state index contributed by atoms with van der Waals surface area (Å²) in [6, 6.07) is 22.6. The van der Waals surface area contributed by atoms with Crippen LogP contribution < -0.4 is 10.1 Å². The van der Waals surface area contributed by atoms with Crippen molar-refractivity contribution < 1.29 is 18.7 Å². The van der Waals surface area contributed by atoms with Crippen LogP contribution in [-0.2, 0) is 23.3 Å². The van der Waals surface area contributed by atoms with Crippen molar-refractivity contribution in [3.05, 3.63) is 101 Å². The number of methoxy groups -OCH3 is 1. The molecule has 4 rings (SSSR count). The number of hydrogen-bond donors (Lipinski definition) is 1. The van der Waals surface area contributed by atoms with Gasteiger partial charge in [0, 0.05) is 6.42 Å². The molecule has 1 aliphatic heterocycles. The van der Waals surface area contributed by atoms with Crippen LogP contribution in [0.5, 0.6) is 5.75 Å². The molecule has 1 saturated heterocycles. The maximum Gasteiger partial charge on any atom is 0.325 e. The lowest BCUT2D eigenvalue weighted by Gasteiger charge is -2.27. The molecule has 0 aliphatic carbocycles. The molecule has 0 aromatic heterocycles. The topological polar surface area (TPSA) is 58.6 Å². The first-order chi connectivity index (χ1) is 14.5. The molecule has 30 heavy (non-hydrogen) atoms. The molecule has 0 radical (unpaired) electrons. The van der Waals surface area contributed by atoms with Crippen LogP contribution >= 0.6 is 0 Å².